The molecule has 23 heavy (non-hydrogen) atoms. The largest absolute Gasteiger partial charge is 0.455 e. The zero-order valence-corrected chi connectivity index (χ0v) is 13.8. The third-order valence-electron chi connectivity index (χ3n) is 4.20. The second-order valence-electron chi connectivity index (χ2n) is 5.99. The quantitative estimate of drug-likeness (QED) is 0.689. The van der Waals surface area contributed by atoms with Gasteiger partial charge in [-0.1, -0.05) is 12.1 Å². The molecule has 0 saturated heterocycles. The summed E-state index contributed by atoms with van der Waals surface area (Å²) in [5.74, 6) is 0.0698. The van der Waals surface area contributed by atoms with Crippen molar-refractivity contribution in [3.63, 3.8) is 0 Å². The molecule has 4 rings (SSSR count). The Morgan fingerprint density at radius 3 is 3.00 bits per heavy atom. The number of benzene rings is 1. The van der Waals surface area contributed by atoms with Crippen molar-refractivity contribution in [1.82, 2.24) is 14.8 Å². The Labute approximate surface area is 137 Å². The van der Waals surface area contributed by atoms with Gasteiger partial charge in [-0.3, -0.25) is 9.48 Å². The lowest BCUT2D eigenvalue weighted by atomic mass is 10.2. The molecule has 3 atom stereocenters. The number of hydrogen-bond acceptors (Lipinski definition) is 5. The van der Waals surface area contributed by atoms with Crippen LogP contribution in [-0.4, -0.2) is 20.7 Å². The maximum absolute atomic E-state index is 12.3. The number of ether oxygens (including phenoxy) is 1. The van der Waals surface area contributed by atoms with E-state index in [9.17, 15) is 4.79 Å². The third-order valence-corrected chi connectivity index (χ3v) is 5.39. The first kappa shape index (κ1) is 14.4. The van der Waals surface area contributed by atoms with Gasteiger partial charge in [0, 0.05) is 19.2 Å². The Morgan fingerprint density at radius 2 is 2.26 bits per heavy atom. The Kier molecular flexibility index (Phi) is 3.41. The molecule has 118 valence electrons. The lowest BCUT2D eigenvalue weighted by Gasteiger charge is -2.10. The average Bonchev–Trinajstić information content (AvgIpc) is 3.02. The van der Waals surface area contributed by atoms with Crippen LogP contribution >= 0.6 is 11.3 Å². The summed E-state index contributed by atoms with van der Waals surface area (Å²) in [6.45, 7) is 1.89. The van der Waals surface area contributed by atoms with Gasteiger partial charge in [0.05, 0.1) is 22.3 Å². The van der Waals surface area contributed by atoms with Crippen LogP contribution in [0, 0.1) is 5.92 Å². The molecule has 1 aliphatic rings. The molecular weight excluding hydrogens is 310 g/mol. The molecule has 0 aliphatic heterocycles. The first-order valence-electron chi connectivity index (χ1n) is 7.66. The van der Waals surface area contributed by atoms with Crippen molar-refractivity contribution >= 4 is 27.5 Å². The van der Waals surface area contributed by atoms with E-state index in [0.29, 0.717) is 0 Å². The maximum Gasteiger partial charge on any atom is 0.310 e. The van der Waals surface area contributed by atoms with E-state index < -0.39 is 0 Å². The van der Waals surface area contributed by atoms with Crippen LogP contribution in [0.4, 0.5) is 0 Å². The van der Waals surface area contributed by atoms with Crippen LogP contribution in [0.25, 0.3) is 10.2 Å². The zero-order valence-electron chi connectivity index (χ0n) is 13.0. The molecule has 2 heterocycles. The number of aromatic nitrogens is 3. The van der Waals surface area contributed by atoms with Gasteiger partial charge in [-0.25, -0.2) is 4.98 Å². The van der Waals surface area contributed by atoms with Crippen molar-refractivity contribution in [2.45, 2.75) is 25.4 Å². The average molecular weight is 327 g/mol. The fourth-order valence-electron chi connectivity index (χ4n) is 2.83. The predicted octanol–water partition coefficient (Wildman–Crippen LogP) is 3.44. The molecule has 0 radical (unpaired) electrons. The van der Waals surface area contributed by atoms with E-state index in [4.69, 9.17) is 4.74 Å². The van der Waals surface area contributed by atoms with Crippen LogP contribution in [0.15, 0.2) is 36.7 Å². The van der Waals surface area contributed by atoms with Crippen molar-refractivity contribution in [1.29, 1.82) is 0 Å². The van der Waals surface area contributed by atoms with E-state index in [1.807, 2.05) is 50.6 Å². The second kappa shape index (κ2) is 5.45. The number of aryl methyl sites for hydroxylation is 1. The van der Waals surface area contributed by atoms with E-state index in [-0.39, 0.29) is 23.9 Å². The number of fused-ring (bicyclic) bond motifs is 1. The number of para-hydroxylation sites is 1. The smallest absolute Gasteiger partial charge is 0.310 e. The first-order chi connectivity index (χ1) is 11.1. The van der Waals surface area contributed by atoms with Crippen LogP contribution in [0.5, 0.6) is 0 Å². The highest BCUT2D eigenvalue weighted by atomic mass is 32.1. The van der Waals surface area contributed by atoms with Crippen molar-refractivity contribution < 1.29 is 9.53 Å². The number of hydrogen-bond donors (Lipinski definition) is 0. The molecule has 2 aromatic heterocycles. The highest BCUT2D eigenvalue weighted by molar-refractivity contribution is 7.18. The van der Waals surface area contributed by atoms with Gasteiger partial charge in [-0.05, 0) is 31.0 Å². The van der Waals surface area contributed by atoms with Crippen LogP contribution in [0.2, 0.25) is 0 Å². The number of carbonyl (C=O) groups is 1. The predicted molar refractivity (Wildman–Crippen MR) is 88.2 cm³/mol. The fourth-order valence-corrected chi connectivity index (χ4v) is 3.78. The summed E-state index contributed by atoms with van der Waals surface area (Å²) in [6.07, 6.45) is 4.33. The molecule has 1 aromatic carbocycles. The van der Waals surface area contributed by atoms with Crippen molar-refractivity contribution in [2.24, 2.45) is 13.0 Å². The fraction of sp³-hybridized carbons (Fsp3) is 0.353. The summed E-state index contributed by atoms with van der Waals surface area (Å²) in [6, 6.07) is 7.96. The maximum atomic E-state index is 12.3. The highest BCUT2D eigenvalue weighted by Crippen LogP contribution is 2.48. The molecule has 1 saturated carbocycles. The van der Waals surface area contributed by atoms with E-state index in [0.717, 1.165) is 27.2 Å². The minimum atomic E-state index is -0.310. The van der Waals surface area contributed by atoms with Gasteiger partial charge in [0.25, 0.3) is 0 Å². The van der Waals surface area contributed by atoms with Gasteiger partial charge in [-0.15, -0.1) is 11.3 Å². The summed E-state index contributed by atoms with van der Waals surface area (Å²) in [7, 11) is 1.88. The summed E-state index contributed by atoms with van der Waals surface area (Å²) in [5.41, 5.74) is 2.07. The van der Waals surface area contributed by atoms with Crippen molar-refractivity contribution in [2.75, 3.05) is 0 Å². The number of thiazole rings is 1. The van der Waals surface area contributed by atoms with Crippen molar-refractivity contribution in [3.8, 4) is 0 Å². The summed E-state index contributed by atoms with van der Waals surface area (Å²) in [5, 5.41) is 5.01. The molecule has 0 N–H and O–H groups in total. The summed E-state index contributed by atoms with van der Waals surface area (Å²) < 4.78 is 8.51. The Balaban J connectivity index is 1.42. The molecule has 1 fully saturated rings. The minimum absolute atomic E-state index is 0.0453. The van der Waals surface area contributed by atoms with Gasteiger partial charge in [0.1, 0.15) is 5.01 Å². The molecule has 1 aliphatic carbocycles. The molecule has 6 heteroatoms. The highest BCUT2D eigenvalue weighted by Gasteiger charge is 2.46. The van der Waals surface area contributed by atoms with Crippen LogP contribution in [-0.2, 0) is 16.6 Å². The van der Waals surface area contributed by atoms with Gasteiger partial charge in [-0.2, -0.15) is 5.10 Å². The SMILES string of the molecule is CC(OC(=O)C1CC1c1cnn(C)c1)c1nc2ccccc2s1. The van der Waals surface area contributed by atoms with Gasteiger partial charge in [0.15, 0.2) is 6.10 Å². The van der Waals surface area contributed by atoms with E-state index in [1.165, 1.54) is 0 Å². The van der Waals surface area contributed by atoms with Crippen LogP contribution < -0.4 is 0 Å². The Hall–Kier alpha value is -2.21. The lowest BCUT2D eigenvalue weighted by Crippen LogP contribution is -2.11. The van der Waals surface area contributed by atoms with E-state index in [2.05, 4.69) is 10.1 Å². The minimum Gasteiger partial charge on any atom is -0.455 e. The molecule has 5 nitrogen and oxygen atoms in total. The van der Waals surface area contributed by atoms with Gasteiger partial charge >= 0.3 is 5.97 Å². The molecule has 0 bridgehead atoms. The summed E-state index contributed by atoms with van der Waals surface area (Å²) >= 11 is 1.58. The Bertz CT molecular complexity index is 836. The van der Waals surface area contributed by atoms with Gasteiger partial charge in [0.2, 0.25) is 0 Å². The monoisotopic (exact) mass is 327 g/mol. The zero-order chi connectivity index (χ0) is 16.0. The number of esters is 1. The molecule has 0 amide bonds. The lowest BCUT2D eigenvalue weighted by molar-refractivity contribution is -0.150. The summed E-state index contributed by atoms with van der Waals surface area (Å²) in [4.78, 5) is 16.9. The van der Waals surface area contributed by atoms with E-state index >= 15 is 0 Å². The number of nitrogens with zero attached hydrogens (tertiary/aromatic N) is 3. The third kappa shape index (κ3) is 2.74. The molecular formula is C17H17N3O2S. The topological polar surface area (TPSA) is 57.0 Å². The standard InChI is InChI=1S/C17H17N3O2S/c1-10(16-19-14-5-3-4-6-15(14)23-16)22-17(21)13-7-12(13)11-8-18-20(2)9-11/h3-6,8-10,12-13H,7H2,1-2H3. The molecule has 0 spiro atoms. The molecule has 3 aromatic rings. The van der Waals surface area contributed by atoms with Gasteiger partial charge < -0.3 is 4.74 Å². The Morgan fingerprint density at radius 1 is 1.43 bits per heavy atom. The van der Waals surface area contributed by atoms with E-state index in [1.54, 1.807) is 16.0 Å². The van der Waals surface area contributed by atoms with Crippen LogP contribution in [0.3, 0.4) is 0 Å². The number of rotatable bonds is 4. The number of carbonyl (C=O) groups excluding carboxylic acids is 1. The normalized spacial score (nSPS) is 21.3. The van der Waals surface area contributed by atoms with Crippen molar-refractivity contribution in [3.05, 3.63) is 47.2 Å². The first-order valence-corrected chi connectivity index (χ1v) is 8.48. The van der Waals surface area contributed by atoms with Crippen LogP contribution in [0.1, 0.15) is 35.9 Å². The second-order valence-corrected chi connectivity index (χ2v) is 7.06. The molecule has 3 unspecified atom stereocenters.